The fourth-order valence-corrected chi connectivity index (χ4v) is 4.02. The lowest BCUT2D eigenvalue weighted by atomic mass is 9.86. The Bertz CT molecular complexity index is 1110. The second-order valence-electron chi connectivity index (χ2n) is 9.19. The van der Waals surface area contributed by atoms with Crippen LogP contribution < -0.4 is 10.2 Å². The van der Waals surface area contributed by atoms with Crippen LogP contribution in [0.4, 0.5) is 0 Å². The van der Waals surface area contributed by atoms with E-state index in [0.717, 1.165) is 28.5 Å². The van der Waals surface area contributed by atoms with E-state index in [-0.39, 0.29) is 23.2 Å². The highest BCUT2D eigenvalue weighted by molar-refractivity contribution is 6.02. The normalized spacial score (nSPS) is 18.3. The number of carbonyl (C=O) groups excluding carboxylic acids is 1. The lowest BCUT2D eigenvalue weighted by Crippen LogP contribution is -2.20. The molecule has 2 atom stereocenters. The van der Waals surface area contributed by atoms with Crippen molar-refractivity contribution in [3.8, 4) is 5.75 Å². The number of ether oxygens (including phenoxy) is 1. The summed E-state index contributed by atoms with van der Waals surface area (Å²) in [6, 6.07) is 20.8. The molecule has 3 aromatic carbocycles. The summed E-state index contributed by atoms with van der Waals surface area (Å²) >= 11 is 0. The van der Waals surface area contributed by atoms with E-state index in [1.807, 2.05) is 37.3 Å². The fraction of sp³-hybridized carbons (Fsp3) is 0.333. The molecule has 1 amide bonds. The molecule has 1 aliphatic carbocycles. The maximum atomic E-state index is 12.6. The van der Waals surface area contributed by atoms with E-state index in [1.165, 1.54) is 11.1 Å². The van der Waals surface area contributed by atoms with Gasteiger partial charge in [-0.05, 0) is 52.6 Å². The molecule has 4 nitrogen and oxygen atoms in total. The molecule has 3 aromatic rings. The first-order chi connectivity index (χ1) is 14.9. The minimum atomic E-state index is -0.0284. The monoisotopic (exact) mass is 414 g/mol. The van der Waals surface area contributed by atoms with Crippen molar-refractivity contribution in [3.63, 3.8) is 0 Å². The van der Waals surface area contributed by atoms with E-state index >= 15 is 0 Å². The SMILES string of the molecule is CCOc1ccc2ccccc2c1/C=N\NC(=O)[C@@H]1C[C@H]1c1ccc(C(C)(C)C)cc1. The Morgan fingerprint density at radius 1 is 1.10 bits per heavy atom. The summed E-state index contributed by atoms with van der Waals surface area (Å²) < 4.78 is 5.77. The van der Waals surface area contributed by atoms with Crippen LogP contribution in [0.3, 0.4) is 0 Å². The number of rotatable bonds is 6. The van der Waals surface area contributed by atoms with E-state index in [9.17, 15) is 4.79 Å². The zero-order valence-corrected chi connectivity index (χ0v) is 18.7. The van der Waals surface area contributed by atoms with Gasteiger partial charge in [0.15, 0.2) is 0 Å². The molecule has 160 valence electrons. The van der Waals surface area contributed by atoms with Crippen molar-refractivity contribution in [3.05, 3.63) is 77.4 Å². The zero-order chi connectivity index (χ0) is 22.0. The van der Waals surface area contributed by atoms with Crippen LogP contribution in [0.2, 0.25) is 0 Å². The second kappa shape index (κ2) is 8.54. The third-order valence-electron chi connectivity index (χ3n) is 5.93. The number of hydrogen-bond donors (Lipinski definition) is 1. The molecular weight excluding hydrogens is 384 g/mol. The first-order valence-corrected chi connectivity index (χ1v) is 11.0. The second-order valence-corrected chi connectivity index (χ2v) is 9.19. The molecule has 1 saturated carbocycles. The predicted molar refractivity (Wildman–Crippen MR) is 127 cm³/mol. The van der Waals surface area contributed by atoms with Crippen LogP contribution in [0.15, 0.2) is 65.8 Å². The number of nitrogens with one attached hydrogen (secondary N) is 1. The molecule has 1 N–H and O–H groups in total. The lowest BCUT2D eigenvalue weighted by Gasteiger charge is -2.19. The summed E-state index contributed by atoms with van der Waals surface area (Å²) in [6.45, 7) is 9.16. The first-order valence-electron chi connectivity index (χ1n) is 11.0. The van der Waals surface area contributed by atoms with Crippen molar-refractivity contribution >= 4 is 22.9 Å². The van der Waals surface area contributed by atoms with Crippen LogP contribution in [-0.2, 0) is 10.2 Å². The van der Waals surface area contributed by atoms with Crippen LogP contribution in [0.1, 0.15) is 56.7 Å². The van der Waals surface area contributed by atoms with Gasteiger partial charge in [0, 0.05) is 11.5 Å². The Balaban J connectivity index is 1.44. The minimum Gasteiger partial charge on any atom is -0.493 e. The van der Waals surface area contributed by atoms with Crippen molar-refractivity contribution in [1.82, 2.24) is 5.43 Å². The van der Waals surface area contributed by atoms with Gasteiger partial charge in [-0.25, -0.2) is 5.43 Å². The number of benzene rings is 3. The summed E-state index contributed by atoms with van der Waals surface area (Å²) in [5.74, 6) is 0.999. The van der Waals surface area contributed by atoms with Gasteiger partial charge in [-0.15, -0.1) is 0 Å². The number of hydrogen-bond acceptors (Lipinski definition) is 3. The quantitative estimate of drug-likeness (QED) is 0.410. The van der Waals surface area contributed by atoms with Gasteiger partial charge >= 0.3 is 0 Å². The molecule has 0 heterocycles. The van der Waals surface area contributed by atoms with Crippen molar-refractivity contribution < 1.29 is 9.53 Å². The third-order valence-corrected chi connectivity index (χ3v) is 5.93. The summed E-state index contributed by atoms with van der Waals surface area (Å²) in [7, 11) is 0. The largest absolute Gasteiger partial charge is 0.493 e. The van der Waals surface area contributed by atoms with Gasteiger partial charge in [-0.2, -0.15) is 5.10 Å². The van der Waals surface area contributed by atoms with Gasteiger partial charge in [-0.3, -0.25) is 4.79 Å². The highest BCUT2D eigenvalue weighted by Crippen LogP contribution is 2.47. The minimum absolute atomic E-state index is 0.0171. The summed E-state index contributed by atoms with van der Waals surface area (Å²) in [6.07, 6.45) is 2.56. The number of hydrazone groups is 1. The Kier molecular flexibility index (Phi) is 5.81. The molecule has 4 rings (SSSR count). The Morgan fingerprint density at radius 3 is 2.55 bits per heavy atom. The summed E-state index contributed by atoms with van der Waals surface area (Å²) in [5.41, 5.74) is 6.29. The van der Waals surface area contributed by atoms with Crippen molar-refractivity contribution in [2.45, 2.75) is 45.4 Å². The van der Waals surface area contributed by atoms with Crippen LogP contribution in [0, 0.1) is 5.92 Å². The fourth-order valence-electron chi connectivity index (χ4n) is 4.02. The molecule has 0 saturated heterocycles. The van der Waals surface area contributed by atoms with E-state index < -0.39 is 0 Å². The molecule has 1 fully saturated rings. The molecular formula is C27H30N2O2. The van der Waals surface area contributed by atoms with Gasteiger partial charge in [-0.1, -0.05) is 75.4 Å². The maximum absolute atomic E-state index is 12.6. The highest BCUT2D eigenvalue weighted by atomic mass is 16.5. The maximum Gasteiger partial charge on any atom is 0.243 e. The molecule has 1 aliphatic rings. The molecule has 0 aromatic heterocycles. The van der Waals surface area contributed by atoms with Crippen molar-refractivity contribution in [1.29, 1.82) is 0 Å². The average Bonchev–Trinajstić information content (AvgIpc) is 3.56. The summed E-state index contributed by atoms with van der Waals surface area (Å²) in [5, 5.41) is 6.43. The van der Waals surface area contributed by atoms with Gasteiger partial charge in [0.25, 0.3) is 0 Å². The Labute approximate surface area is 184 Å². The number of fused-ring (bicyclic) bond motifs is 1. The van der Waals surface area contributed by atoms with E-state index in [1.54, 1.807) is 6.21 Å². The smallest absolute Gasteiger partial charge is 0.243 e. The Hall–Kier alpha value is -3.14. The van der Waals surface area contributed by atoms with Gasteiger partial charge in [0.2, 0.25) is 5.91 Å². The van der Waals surface area contributed by atoms with Crippen LogP contribution in [0.25, 0.3) is 10.8 Å². The molecule has 0 unspecified atom stereocenters. The lowest BCUT2D eigenvalue weighted by molar-refractivity contribution is -0.122. The molecule has 0 bridgehead atoms. The molecule has 31 heavy (non-hydrogen) atoms. The molecule has 4 heteroatoms. The Morgan fingerprint density at radius 2 is 1.84 bits per heavy atom. The van der Waals surface area contributed by atoms with Gasteiger partial charge in [0.1, 0.15) is 5.75 Å². The van der Waals surface area contributed by atoms with Crippen molar-refractivity contribution in [2.24, 2.45) is 11.0 Å². The highest BCUT2D eigenvalue weighted by Gasteiger charge is 2.44. The van der Waals surface area contributed by atoms with Crippen LogP contribution in [-0.4, -0.2) is 18.7 Å². The summed E-state index contributed by atoms with van der Waals surface area (Å²) in [4.78, 5) is 12.6. The zero-order valence-electron chi connectivity index (χ0n) is 18.7. The molecule has 0 aliphatic heterocycles. The van der Waals surface area contributed by atoms with E-state index in [4.69, 9.17) is 4.74 Å². The average molecular weight is 415 g/mol. The van der Waals surface area contributed by atoms with Gasteiger partial charge < -0.3 is 4.74 Å². The molecule has 0 spiro atoms. The number of amides is 1. The standard InChI is InChI=1S/C27H30N2O2/c1-5-31-25-15-12-18-8-6-7-9-21(18)24(25)17-28-29-26(30)23-16-22(23)19-10-13-20(14-11-19)27(2,3)4/h6-15,17,22-23H,5,16H2,1-4H3,(H,29,30)/b28-17-/t22-,23+/m0/s1. The van der Waals surface area contributed by atoms with Crippen LogP contribution in [0.5, 0.6) is 5.75 Å². The first kappa shape index (κ1) is 21.1. The number of carbonyl (C=O) groups is 1. The van der Waals surface area contributed by atoms with E-state index in [0.29, 0.717) is 6.61 Å². The van der Waals surface area contributed by atoms with Crippen LogP contribution >= 0.6 is 0 Å². The predicted octanol–water partition coefficient (Wildman–Crippen LogP) is 5.79. The molecule has 0 radical (unpaired) electrons. The number of nitrogens with zero attached hydrogens (tertiary/aromatic N) is 1. The third kappa shape index (κ3) is 4.63. The van der Waals surface area contributed by atoms with E-state index in [2.05, 4.69) is 61.6 Å². The van der Waals surface area contributed by atoms with Crippen molar-refractivity contribution in [2.75, 3.05) is 6.61 Å². The topological polar surface area (TPSA) is 50.7 Å². The van der Waals surface area contributed by atoms with Gasteiger partial charge in [0.05, 0.1) is 12.8 Å².